The van der Waals surface area contributed by atoms with Crippen LogP contribution in [0.5, 0.6) is 5.75 Å². The third-order valence-corrected chi connectivity index (χ3v) is 2.20. The number of aromatic nitrogens is 2. The van der Waals surface area contributed by atoms with E-state index in [4.69, 9.17) is 0 Å². The van der Waals surface area contributed by atoms with Gasteiger partial charge in [0.2, 0.25) is 0 Å². The molecule has 1 amide bonds. The van der Waals surface area contributed by atoms with Gasteiger partial charge in [-0.15, -0.1) is 0 Å². The van der Waals surface area contributed by atoms with Crippen molar-refractivity contribution in [2.45, 2.75) is 0 Å². The van der Waals surface area contributed by atoms with E-state index in [1.54, 1.807) is 6.07 Å². The van der Waals surface area contributed by atoms with Crippen LogP contribution in [0.3, 0.4) is 0 Å². The molecule has 6 nitrogen and oxygen atoms in total. The van der Waals surface area contributed by atoms with Gasteiger partial charge in [-0.2, -0.15) is 5.10 Å². The first-order valence-corrected chi connectivity index (χ1v) is 5.00. The highest BCUT2D eigenvalue weighted by molar-refractivity contribution is 5.94. The van der Waals surface area contributed by atoms with Gasteiger partial charge in [0.1, 0.15) is 11.5 Å². The van der Waals surface area contributed by atoms with Crippen molar-refractivity contribution < 1.29 is 19.1 Å². The minimum atomic E-state index is -0.718. The molecule has 2 rings (SSSR count). The van der Waals surface area contributed by atoms with Crippen molar-refractivity contribution in [1.82, 2.24) is 15.3 Å². The average molecular weight is 251 g/mol. The van der Waals surface area contributed by atoms with Crippen LogP contribution in [0, 0.1) is 5.82 Å². The first-order chi connectivity index (χ1) is 8.63. The molecule has 0 atom stereocenters. The summed E-state index contributed by atoms with van der Waals surface area (Å²) in [7, 11) is 1.25. The van der Waals surface area contributed by atoms with Gasteiger partial charge in [0.25, 0.3) is 5.91 Å². The second kappa shape index (κ2) is 4.84. The van der Waals surface area contributed by atoms with Gasteiger partial charge in [-0.1, -0.05) is 12.1 Å². The number of halogens is 1. The Hall–Kier alpha value is -2.41. The first-order valence-electron chi connectivity index (χ1n) is 5.00. The molecule has 1 aromatic heterocycles. The summed E-state index contributed by atoms with van der Waals surface area (Å²) in [5, 5.41) is 13.4. The van der Waals surface area contributed by atoms with Gasteiger partial charge in [-0.05, 0) is 12.1 Å². The van der Waals surface area contributed by atoms with Gasteiger partial charge in [-0.3, -0.25) is 9.63 Å². The number of aromatic hydroxyl groups is 1. The quantitative estimate of drug-likeness (QED) is 0.798. The summed E-state index contributed by atoms with van der Waals surface area (Å²) in [6.45, 7) is 0. The lowest BCUT2D eigenvalue weighted by atomic mass is 10.3. The monoisotopic (exact) mass is 251 g/mol. The number of benzene rings is 1. The van der Waals surface area contributed by atoms with Crippen LogP contribution in [-0.4, -0.2) is 27.9 Å². The van der Waals surface area contributed by atoms with Crippen molar-refractivity contribution in [2.24, 2.45) is 0 Å². The van der Waals surface area contributed by atoms with E-state index in [0.29, 0.717) is 0 Å². The Morgan fingerprint density at radius 3 is 2.89 bits per heavy atom. The Morgan fingerprint density at radius 1 is 1.50 bits per heavy atom. The number of carbonyl (C=O) groups excluding carboxylic acids is 1. The summed E-state index contributed by atoms with van der Waals surface area (Å²) in [4.78, 5) is 15.8. The van der Waals surface area contributed by atoms with E-state index in [-0.39, 0.29) is 17.1 Å². The van der Waals surface area contributed by atoms with Gasteiger partial charge in [0, 0.05) is 0 Å². The molecule has 0 aliphatic carbocycles. The number of hydrogen-bond donors (Lipinski definition) is 2. The van der Waals surface area contributed by atoms with E-state index in [1.807, 2.05) is 5.48 Å². The molecule has 0 saturated heterocycles. The number of nitrogens with one attached hydrogen (secondary N) is 1. The zero-order valence-corrected chi connectivity index (χ0v) is 9.42. The predicted molar refractivity (Wildman–Crippen MR) is 59.7 cm³/mol. The zero-order valence-electron chi connectivity index (χ0n) is 9.42. The molecule has 1 heterocycles. The van der Waals surface area contributed by atoms with Gasteiger partial charge >= 0.3 is 0 Å². The van der Waals surface area contributed by atoms with E-state index in [9.17, 15) is 14.3 Å². The summed E-state index contributed by atoms with van der Waals surface area (Å²) >= 11 is 0. The second-order valence-electron chi connectivity index (χ2n) is 3.39. The van der Waals surface area contributed by atoms with Gasteiger partial charge in [-0.25, -0.2) is 14.6 Å². The molecule has 18 heavy (non-hydrogen) atoms. The highest BCUT2D eigenvalue weighted by Gasteiger charge is 2.17. The molecule has 2 aromatic rings. The number of amides is 1. The number of rotatable bonds is 3. The van der Waals surface area contributed by atoms with Crippen molar-refractivity contribution >= 4 is 5.91 Å². The minimum Gasteiger partial charge on any atom is -0.504 e. The van der Waals surface area contributed by atoms with Crippen LogP contribution in [0.4, 0.5) is 4.39 Å². The lowest BCUT2D eigenvalue weighted by molar-refractivity contribution is 0.0529. The average Bonchev–Trinajstić information content (AvgIpc) is 2.72. The molecule has 1 aromatic carbocycles. The molecule has 0 unspecified atom stereocenters. The summed E-state index contributed by atoms with van der Waals surface area (Å²) in [5.41, 5.74) is 1.89. The largest absolute Gasteiger partial charge is 0.504 e. The van der Waals surface area contributed by atoms with Crippen LogP contribution in [0.15, 0.2) is 30.5 Å². The van der Waals surface area contributed by atoms with Crippen molar-refractivity contribution in [2.75, 3.05) is 7.11 Å². The zero-order chi connectivity index (χ0) is 13.1. The van der Waals surface area contributed by atoms with Crippen LogP contribution in [0.25, 0.3) is 5.69 Å². The summed E-state index contributed by atoms with van der Waals surface area (Å²) in [6, 6.07) is 5.87. The van der Waals surface area contributed by atoms with Crippen LogP contribution in [-0.2, 0) is 4.84 Å². The van der Waals surface area contributed by atoms with E-state index >= 15 is 0 Å². The first kappa shape index (κ1) is 12.1. The normalized spacial score (nSPS) is 10.3. The van der Waals surface area contributed by atoms with Crippen molar-refractivity contribution in [3.8, 4) is 11.4 Å². The Kier molecular flexibility index (Phi) is 3.24. The smallest absolute Gasteiger partial charge is 0.299 e. The van der Waals surface area contributed by atoms with E-state index < -0.39 is 11.7 Å². The Labute approximate surface area is 102 Å². The highest BCUT2D eigenvalue weighted by atomic mass is 19.1. The molecule has 0 aliphatic rings. The lowest BCUT2D eigenvalue weighted by Crippen LogP contribution is -2.22. The van der Waals surface area contributed by atoms with Gasteiger partial charge in [0.05, 0.1) is 13.3 Å². The number of hydroxylamine groups is 1. The number of hydrogen-bond acceptors (Lipinski definition) is 4. The number of carbonyl (C=O) groups is 1. The van der Waals surface area contributed by atoms with Gasteiger partial charge < -0.3 is 5.11 Å². The molecular formula is C11H10FN3O3. The molecule has 2 N–H and O–H groups in total. The van der Waals surface area contributed by atoms with Crippen molar-refractivity contribution in [3.05, 3.63) is 42.0 Å². The fraction of sp³-hybridized carbons (Fsp3) is 0.0909. The van der Waals surface area contributed by atoms with Crippen molar-refractivity contribution in [1.29, 1.82) is 0 Å². The van der Waals surface area contributed by atoms with Crippen LogP contribution >= 0.6 is 0 Å². The Morgan fingerprint density at radius 2 is 2.22 bits per heavy atom. The molecule has 0 saturated carbocycles. The predicted octanol–water partition coefficient (Wildman–Crippen LogP) is 1.01. The minimum absolute atomic E-state index is 0.129. The number of para-hydroxylation sites is 1. The molecule has 0 spiro atoms. The van der Waals surface area contributed by atoms with Crippen molar-refractivity contribution in [3.63, 3.8) is 0 Å². The number of nitrogens with zero attached hydrogens (tertiary/aromatic N) is 2. The molecule has 0 aliphatic heterocycles. The topological polar surface area (TPSA) is 76.4 Å². The van der Waals surface area contributed by atoms with E-state index in [1.165, 1.54) is 25.3 Å². The third kappa shape index (κ3) is 2.16. The van der Waals surface area contributed by atoms with Crippen LogP contribution in [0.2, 0.25) is 0 Å². The molecule has 0 radical (unpaired) electrons. The molecule has 0 fully saturated rings. The SMILES string of the molecule is CONC(=O)c1nn(-c2ccccc2F)cc1O. The second-order valence-corrected chi connectivity index (χ2v) is 3.39. The standard InChI is InChI=1S/C11H10FN3O3/c1-18-14-11(17)10-9(16)6-15(13-10)8-5-3-2-4-7(8)12/h2-6,16H,1H3,(H,14,17). The summed E-state index contributed by atoms with van der Waals surface area (Å²) in [5.74, 6) is -1.60. The Balaban J connectivity index is 2.41. The fourth-order valence-corrected chi connectivity index (χ4v) is 1.43. The van der Waals surface area contributed by atoms with Gasteiger partial charge in [0.15, 0.2) is 11.4 Å². The van der Waals surface area contributed by atoms with Crippen LogP contribution in [0.1, 0.15) is 10.5 Å². The molecule has 0 bridgehead atoms. The van der Waals surface area contributed by atoms with E-state index in [2.05, 4.69) is 9.94 Å². The van der Waals surface area contributed by atoms with E-state index in [0.717, 1.165) is 10.9 Å². The maximum atomic E-state index is 13.5. The molecule has 7 heteroatoms. The molecular weight excluding hydrogens is 241 g/mol. The maximum Gasteiger partial charge on any atom is 0.299 e. The summed E-state index contributed by atoms with van der Waals surface area (Å²) < 4.78 is 14.6. The lowest BCUT2D eigenvalue weighted by Gasteiger charge is -2.01. The van der Waals surface area contributed by atoms with Crippen LogP contribution < -0.4 is 5.48 Å². The fourth-order valence-electron chi connectivity index (χ4n) is 1.43. The third-order valence-electron chi connectivity index (χ3n) is 2.20. The molecule has 94 valence electrons. The maximum absolute atomic E-state index is 13.5. The summed E-state index contributed by atoms with van der Waals surface area (Å²) in [6.07, 6.45) is 1.14. The highest BCUT2D eigenvalue weighted by Crippen LogP contribution is 2.19. The Bertz CT molecular complexity index is 583.